The summed E-state index contributed by atoms with van der Waals surface area (Å²) in [6, 6.07) is 6.81. The third kappa shape index (κ3) is 2.89. The van der Waals surface area contributed by atoms with Gasteiger partial charge in [0.25, 0.3) is 5.91 Å². The zero-order chi connectivity index (χ0) is 14.0. The number of likely N-dealkylation sites (tertiary alicyclic amines) is 1. The summed E-state index contributed by atoms with van der Waals surface area (Å²) < 4.78 is 0. The first-order valence-electron chi connectivity index (χ1n) is 6.21. The first-order valence-corrected chi connectivity index (χ1v) is 6.58. The van der Waals surface area contributed by atoms with E-state index in [1.807, 2.05) is 0 Å². The Morgan fingerprint density at radius 3 is 2.47 bits per heavy atom. The lowest BCUT2D eigenvalue weighted by molar-refractivity contribution is -0.150. The number of carboxylic acid groups (broad SMARTS) is 1. The number of piperidine rings is 1. The van der Waals surface area contributed by atoms with Crippen molar-refractivity contribution in [2.24, 2.45) is 5.41 Å². The van der Waals surface area contributed by atoms with Crippen molar-refractivity contribution in [1.29, 1.82) is 0 Å². The molecule has 102 valence electrons. The lowest BCUT2D eigenvalue weighted by atomic mass is 9.80. The van der Waals surface area contributed by atoms with Crippen molar-refractivity contribution in [2.45, 2.75) is 19.8 Å². The monoisotopic (exact) mass is 281 g/mol. The van der Waals surface area contributed by atoms with E-state index in [0.29, 0.717) is 36.5 Å². The quantitative estimate of drug-likeness (QED) is 0.907. The number of hydrogen-bond acceptors (Lipinski definition) is 2. The molecule has 19 heavy (non-hydrogen) atoms. The summed E-state index contributed by atoms with van der Waals surface area (Å²) in [6.07, 6.45) is 0.962. The lowest BCUT2D eigenvalue weighted by Crippen LogP contribution is -2.45. The SMILES string of the molecule is CC1(C(=O)O)CCN(C(=O)c2cccc(Cl)c2)CC1. The van der Waals surface area contributed by atoms with Crippen LogP contribution in [0.3, 0.4) is 0 Å². The van der Waals surface area contributed by atoms with Gasteiger partial charge in [-0.25, -0.2) is 0 Å². The van der Waals surface area contributed by atoms with E-state index < -0.39 is 11.4 Å². The van der Waals surface area contributed by atoms with E-state index in [4.69, 9.17) is 16.7 Å². The van der Waals surface area contributed by atoms with E-state index >= 15 is 0 Å². The molecule has 2 rings (SSSR count). The Hall–Kier alpha value is -1.55. The van der Waals surface area contributed by atoms with Gasteiger partial charge in [-0.15, -0.1) is 0 Å². The van der Waals surface area contributed by atoms with Crippen LogP contribution in [0.4, 0.5) is 0 Å². The molecule has 1 aromatic rings. The highest BCUT2D eigenvalue weighted by Gasteiger charge is 2.38. The highest BCUT2D eigenvalue weighted by molar-refractivity contribution is 6.30. The van der Waals surface area contributed by atoms with E-state index in [1.54, 1.807) is 36.1 Å². The topological polar surface area (TPSA) is 57.6 Å². The summed E-state index contributed by atoms with van der Waals surface area (Å²) in [5.41, 5.74) is -0.170. The number of rotatable bonds is 2. The van der Waals surface area contributed by atoms with Crippen molar-refractivity contribution < 1.29 is 14.7 Å². The number of carboxylic acids is 1. The van der Waals surface area contributed by atoms with Crippen LogP contribution in [0.2, 0.25) is 5.02 Å². The normalized spacial score (nSPS) is 18.1. The Morgan fingerprint density at radius 2 is 1.95 bits per heavy atom. The predicted octanol–water partition coefficient (Wildman–Crippen LogP) is 2.67. The van der Waals surface area contributed by atoms with Crippen molar-refractivity contribution in [3.8, 4) is 0 Å². The van der Waals surface area contributed by atoms with Crippen molar-refractivity contribution in [3.05, 3.63) is 34.9 Å². The maximum absolute atomic E-state index is 12.3. The smallest absolute Gasteiger partial charge is 0.309 e. The molecule has 0 unspecified atom stereocenters. The van der Waals surface area contributed by atoms with Crippen LogP contribution in [-0.2, 0) is 4.79 Å². The molecule has 5 heteroatoms. The van der Waals surface area contributed by atoms with Gasteiger partial charge in [-0.3, -0.25) is 9.59 Å². The predicted molar refractivity (Wildman–Crippen MR) is 72.3 cm³/mol. The van der Waals surface area contributed by atoms with Crippen LogP contribution < -0.4 is 0 Å². The molecule has 0 bridgehead atoms. The Balaban J connectivity index is 2.06. The molecule has 1 aliphatic heterocycles. The van der Waals surface area contributed by atoms with Gasteiger partial charge in [-0.1, -0.05) is 17.7 Å². The number of nitrogens with zero attached hydrogens (tertiary/aromatic N) is 1. The van der Waals surface area contributed by atoms with Crippen LogP contribution in [0, 0.1) is 5.41 Å². The number of aliphatic carboxylic acids is 1. The highest BCUT2D eigenvalue weighted by atomic mass is 35.5. The first kappa shape index (κ1) is 13.9. The average Bonchev–Trinajstić information content (AvgIpc) is 2.38. The number of amides is 1. The van der Waals surface area contributed by atoms with Gasteiger partial charge < -0.3 is 10.0 Å². The van der Waals surface area contributed by atoms with Gasteiger partial charge in [0, 0.05) is 23.7 Å². The van der Waals surface area contributed by atoms with Gasteiger partial charge in [0.05, 0.1) is 5.41 Å². The van der Waals surface area contributed by atoms with Crippen molar-refractivity contribution in [1.82, 2.24) is 4.90 Å². The van der Waals surface area contributed by atoms with Crippen LogP contribution in [0.1, 0.15) is 30.1 Å². The molecule has 0 atom stereocenters. The molecule has 4 nitrogen and oxygen atoms in total. The van der Waals surface area contributed by atoms with E-state index in [1.165, 1.54) is 0 Å². The van der Waals surface area contributed by atoms with Crippen molar-refractivity contribution in [3.63, 3.8) is 0 Å². The van der Waals surface area contributed by atoms with Gasteiger partial charge in [-0.2, -0.15) is 0 Å². The summed E-state index contributed by atoms with van der Waals surface area (Å²) in [6.45, 7) is 2.67. The third-order valence-corrected chi connectivity index (χ3v) is 3.98. The first-order chi connectivity index (χ1) is 8.92. The number of halogens is 1. The Bertz CT molecular complexity index is 507. The molecule has 1 aliphatic rings. The molecule has 1 N–H and O–H groups in total. The lowest BCUT2D eigenvalue weighted by Gasteiger charge is -2.36. The van der Waals surface area contributed by atoms with Gasteiger partial charge in [0.15, 0.2) is 0 Å². The molecule has 1 fully saturated rings. The molecule has 1 heterocycles. The largest absolute Gasteiger partial charge is 0.481 e. The Morgan fingerprint density at radius 1 is 1.32 bits per heavy atom. The van der Waals surface area contributed by atoms with Crippen molar-refractivity contribution >= 4 is 23.5 Å². The molecule has 1 saturated heterocycles. The summed E-state index contributed by atoms with van der Waals surface area (Å²) in [4.78, 5) is 25.1. The standard InChI is InChI=1S/C14H16ClNO3/c1-14(13(18)19)5-7-16(8-6-14)12(17)10-3-2-4-11(15)9-10/h2-4,9H,5-8H2,1H3,(H,18,19). The number of carbonyl (C=O) groups is 2. The van der Waals surface area contributed by atoms with E-state index in [0.717, 1.165) is 0 Å². The third-order valence-electron chi connectivity index (χ3n) is 3.74. The van der Waals surface area contributed by atoms with Crippen molar-refractivity contribution in [2.75, 3.05) is 13.1 Å². The van der Waals surface area contributed by atoms with Crippen LogP contribution in [0.25, 0.3) is 0 Å². The summed E-state index contributed by atoms with van der Waals surface area (Å²) in [7, 11) is 0. The number of benzene rings is 1. The van der Waals surface area contributed by atoms with Gasteiger partial charge >= 0.3 is 5.97 Å². The van der Waals surface area contributed by atoms with Crippen LogP contribution in [0.5, 0.6) is 0 Å². The molecular formula is C14H16ClNO3. The maximum atomic E-state index is 12.3. The van der Waals surface area contributed by atoms with Gasteiger partial charge in [0.2, 0.25) is 0 Å². The molecular weight excluding hydrogens is 266 g/mol. The molecule has 0 radical (unpaired) electrons. The molecule has 0 aromatic heterocycles. The fraction of sp³-hybridized carbons (Fsp3) is 0.429. The second kappa shape index (κ2) is 5.21. The van der Waals surface area contributed by atoms with Gasteiger partial charge in [0.1, 0.15) is 0 Å². The minimum absolute atomic E-state index is 0.0880. The Labute approximate surface area is 117 Å². The maximum Gasteiger partial charge on any atom is 0.309 e. The second-order valence-corrected chi connectivity index (χ2v) is 5.60. The molecule has 1 aromatic carbocycles. The zero-order valence-corrected chi connectivity index (χ0v) is 11.5. The fourth-order valence-electron chi connectivity index (χ4n) is 2.22. The fourth-order valence-corrected chi connectivity index (χ4v) is 2.41. The minimum Gasteiger partial charge on any atom is -0.481 e. The number of hydrogen-bond donors (Lipinski definition) is 1. The van der Waals surface area contributed by atoms with Gasteiger partial charge in [-0.05, 0) is 38.0 Å². The average molecular weight is 282 g/mol. The highest BCUT2D eigenvalue weighted by Crippen LogP contribution is 2.31. The zero-order valence-electron chi connectivity index (χ0n) is 10.7. The molecule has 1 amide bonds. The summed E-state index contributed by atoms with van der Waals surface area (Å²) in [5.74, 6) is -0.878. The van der Waals surface area contributed by atoms with E-state index in [9.17, 15) is 9.59 Å². The van der Waals surface area contributed by atoms with Crippen LogP contribution >= 0.6 is 11.6 Å². The van der Waals surface area contributed by atoms with Crippen LogP contribution in [0.15, 0.2) is 24.3 Å². The molecule has 0 saturated carbocycles. The van der Waals surface area contributed by atoms with E-state index in [2.05, 4.69) is 0 Å². The second-order valence-electron chi connectivity index (χ2n) is 5.17. The summed E-state index contributed by atoms with van der Waals surface area (Å²) >= 11 is 5.87. The van der Waals surface area contributed by atoms with Crippen LogP contribution in [-0.4, -0.2) is 35.0 Å². The van der Waals surface area contributed by atoms with E-state index in [-0.39, 0.29) is 5.91 Å². The molecule has 0 spiro atoms. The molecule has 0 aliphatic carbocycles. The Kier molecular flexibility index (Phi) is 3.80. The minimum atomic E-state index is -0.789. The summed E-state index contributed by atoms with van der Waals surface area (Å²) in [5, 5.41) is 9.68. The number of carbonyl (C=O) groups excluding carboxylic acids is 1.